The number of thioether (sulfide) groups is 1. The second kappa shape index (κ2) is 12.2. The molecule has 5 heterocycles. The monoisotopic (exact) mass is 597 g/mol. The zero-order chi connectivity index (χ0) is 27.9. The molecule has 0 aromatic carbocycles. The summed E-state index contributed by atoms with van der Waals surface area (Å²) >= 11 is 7.99. The highest BCUT2D eigenvalue weighted by molar-refractivity contribution is 8.00. The van der Waals surface area contributed by atoms with Gasteiger partial charge in [0.05, 0.1) is 17.5 Å². The van der Waals surface area contributed by atoms with Gasteiger partial charge in [0.1, 0.15) is 17.7 Å². The zero-order valence-corrected chi connectivity index (χ0v) is 23.7. The molecule has 0 aromatic rings. The molecule has 222 valence electrons. The van der Waals surface area contributed by atoms with Crippen LogP contribution in [0.1, 0.15) is 26.2 Å². The standard InChI is InChI=1S/C24H39ClF3N7O3S/c1-11-5-12(13-6-19(25)31-8-16(13)38-2)14(7-30-11)21(36)34-23-32-15-9-35(10-17(15)39-23)22(37)20-29-4-3-18(33-20)24(26,27)28/h11-20,23,29-33H,3-10H2,1-2H3,(H,34,36). The minimum Gasteiger partial charge on any atom is -0.380 e. The number of carbonyl (C=O) groups is 2. The van der Waals surface area contributed by atoms with Crippen LogP contribution in [-0.2, 0) is 14.3 Å². The van der Waals surface area contributed by atoms with Crippen LogP contribution in [0.25, 0.3) is 0 Å². The minimum absolute atomic E-state index is 0.00740. The number of fused-ring (bicyclic) bond motifs is 1. The molecule has 0 spiro atoms. The molecule has 0 radical (unpaired) electrons. The van der Waals surface area contributed by atoms with Gasteiger partial charge in [-0.3, -0.25) is 30.9 Å². The highest BCUT2D eigenvalue weighted by atomic mass is 35.5. The van der Waals surface area contributed by atoms with E-state index >= 15 is 0 Å². The van der Waals surface area contributed by atoms with Crippen molar-refractivity contribution in [2.45, 2.75) is 79.0 Å². The number of nitrogens with one attached hydrogen (secondary N) is 6. The number of nitrogens with zero attached hydrogens (tertiary/aromatic N) is 1. The molecule has 11 atom stereocenters. The van der Waals surface area contributed by atoms with E-state index in [2.05, 4.69) is 38.8 Å². The van der Waals surface area contributed by atoms with Crippen LogP contribution in [0.15, 0.2) is 0 Å². The molecule has 5 fully saturated rings. The van der Waals surface area contributed by atoms with Crippen molar-refractivity contribution in [2.75, 3.05) is 39.8 Å². The lowest BCUT2D eigenvalue weighted by Gasteiger charge is -2.45. The Morgan fingerprint density at radius 3 is 2.59 bits per heavy atom. The predicted octanol–water partition coefficient (Wildman–Crippen LogP) is -0.0545. The number of hydrogen-bond donors (Lipinski definition) is 6. The van der Waals surface area contributed by atoms with Gasteiger partial charge < -0.3 is 20.3 Å². The van der Waals surface area contributed by atoms with Gasteiger partial charge in [0.25, 0.3) is 5.91 Å². The third kappa shape index (κ3) is 6.63. The Labute approximate surface area is 236 Å². The Balaban J connectivity index is 1.15. The fourth-order valence-corrected chi connectivity index (χ4v) is 8.46. The topological polar surface area (TPSA) is 119 Å². The summed E-state index contributed by atoms with van der Waals surface area (Å²) in [5.41, 5.74) is -0.442. The van der Waals surface area contributed by atoms with Crippen LogP contribution >= 0.6 is 23.4 Å². The maximum Gasteiger partial charge on any atom is 0.403 e. The molecular formula is C24H39ClF3N7O3S. The average molecular weight is 598 g/mol. The van der Waals surface area contributed by atoms with E-state index in [1.807, 2.05) is 0 Å². The van der Waals surface area contributed by atoms with Crippen molar-refractivity contribution in [3.63, 3.8) is 0 Å². The first kappa shape index (κ1) is 29.6. The largest absolute Gasteiger partial charge is 0.403 e. The molecule has 39 heavy (non-hydrogen) atoms. The van der Waals surface area contributed by atoms with Crippen LogP contribution in [0, 0.1) is 17.8 Å². The number of hydrogen-bond acceptors (Lipinski definition) is 9. The van der Waals surface area contributed by atoms with Gasteiger partial charge in [-0.05, 0) is 44.6 Å². The van der Waals surface area contributed by atoms with Gasteiger partial charge in [0.15, 0.2) is 0 Å². The first-order valence-corrected chi connectivity index (χ1v) is 15.1. The van der Waals surface area contributed by atoms with Crippen LogP contribution in [0.2, 0.25) is 0 Å². The smallest absolute Gasteiger partial charge is 0.380 e. The van der Waals surface area contributed by atoms with E-state index in [4.69, 9.17) is 16.3 Å². The average Bonchev–Trinajstić information content (AvgIpc) is 3.46. The lowest BCUT2D eigenvalue weighted by Crippen LogP contribution is -2.64. The number of carbonyl (C=O) groups excluding carboxylic acids is 2. The molecular weight excluding hydrogens is 559 g/mol. The SMILES string of the molecule is COC1CNC(Cl)CC1C1CC(C)NCC1C(=O)NC1NC2CN(C(=O)C3NCCC(C(F)(F)F)N3)CC2S1. The molecule has 0 saturated carbocycles. The van der Waals surface area contributed by atoms with Crippen LogP contribution in [0.5, 0.6) is 0 Å². The molecule has 10 nitrogen and oxygen atoms in total. The maximum atomic E-state index is 13.5. The van der Waals surface area contributed by atoms with Gasteiger partial charge >= 0.3 is 6.18 Å². The Morgan fingerprint density at radius 2 is 1.87 bits per heavy atom. The lowest BCUT2D eigenvalue weighted by molar-refractivity contribution is -0.166. The van der Waals surface area contributed by atoms with Crippen molar-refractivity contribution in [3.05, 3.63) is 0 Å². The van der Waals surface area contributed by atoms with Crippen molar-refractivity contribution in [1.29, 1.82) is 0 Å². The number of amides is 2. The van der Waals surface area contributed by atoms with Crippen LogP contribution in [0.3, 0.4) is 0 Å². The van der Waals surface area contributed by atoms with Crippen molar-refractivity contribution in [3.8, 4) is 0 Å². The Bertz CT molecular complexity index is 894. The van der Waals surface area contributed by atoms with Crippen molar-refractivity contribution in [2.24, 2.45) is 17.8 Å². The predicted molar refractivity (Wildman–Crippen MR) is 142 cm³/mol. The highest BCUT2D eigenvalue weighted by Gasteiger charge is 2.49. The minimum atomic E-state index is -4.39. The number of methoxy groups -OCH3 is 1. The summed E-state index contributed by atoms with van der Waals surface area (Å²) in [5.74, 6) is -0.327. The number of alkyl halides is 4. The van der Waals surface area contributed by atoms with Gasteiger partial charge in [0, 0.05) is 50.6 Å². The molecule has 5 saturated heterocycles. The molecule has 5 rings (SSSR count). The van der Waals surface area contributed by atoms with E-state index in [0.29, 0.717) is 32.2 Å². The normalized spacial score (nSPS) is 43.2. The molecule has 5 aliphatic heterocycles. The van der Waals surface area contributed by atoms with E-state index < -0.39 is 18.4 Å². The Hall–Kier alpha value is -0.870. The van der Waals surface area contributed by atoms with Crippen molar-refractivity contribution < 1.29 is 27.5 Å². The second-order valence-electron chi connectivity index (χ2n) is 11.4. The summed E-state index contributed by atoms with van der Waals surface area (Å²) in [5, 5.41) is 18.6. The molecule has 0 bridgehead atoms. The van der Waals surface area contributed by atoms with Crippen LogP contribution in [0.4, 0.5) is 13.2 Å². The zero-order valence-electron chi connectivity index (χ0n) is 22.1. The molecule has 0 aliphatic carbocycles. The Kier molecular flexibility index (Phi) is 9.24. The fraction of sp³-hybridized carbons (Fsp3) is 0.917. The summed E-state index contributed by atoms with van der Waals surface area (Å²) in [6.45, 7) is 4.29. The quantitative estimate of drug-likeness (QED) is 0.191. The Morgan fingerprint density at radius 1 is 1.08 bits per heavy atom. The fourth-order valence-electron chi connectivity index (χ4n) is 6.76. The summed E-state index contributed by atoms with van der Waals surface area (Å²) in [6.07, 6.45) is -3.96. The highest BCUT2D eigenvalue weighted by Crippen LogP contribution is 2.38. The van der Waals surface area contributed by atoms with Gasteiger partial charge in [-0.15, -0.1) is 23.4 Å². The summed E-state index contributed by atoms with van der Waals surface area (Å²) in [4.78, 5) is 28.1. The third-order valence-electron chi connectivity index (χ3n) is 8.83. The van der Waals surface area contributed by atoms with E-state index in [1.54, 1.807) is 23.8 Å². The number of likely N-dealkylation sites (tertiary alicyclic amines) is 1. The number of rotatable bonds is 5. The van der Waals surface area contributed by atoms with Crippen molar-refractivity contribution >= 4 is 35.2 Å². The first-order chi connectivity index (χ1) is 18.5. The number of piperidine rings is 2. The van der Waals surface area contributed by atoms with E-state index in [1.165, 1.54) is 0 Å². The van der Waals surface area contributed by atoms with Gasteiger partial charge in [-0.1, -0.05) is 0 Å². The van der Waals surface area contributed by atoms with Gasteiger partial charge in [0.2, 0.25) is 5.91 Å². The summed E-state index contributed by atoms with van der Waals surface area (Å²) < 4.78 is 45.2. The maximum absolute atomic E-state index is 13.5. The number of halogens is 4. The molecule has 2 amide bonds. The van der Waals surface area contributed by atoms with E-state index in [-0.39, 0.29) is 70.9 Å². The molecule has 0 aromatic heterocycles. The van der Waals surface area contributed by atoms with Crippen molar-refractivity contribution in [1.82, 2.24) is 36.8 Å². The van der Waals surface area contributed by atoms with E-state index in [0.717, 1.165) is 12.8 Å². The summed E-state index contributed by atoms with van der Waals surface area (Å²) in [6, 6.07) is -1.45. The third-order valence-corrected chi connectivity index (χ3v) is 10.5. The van der Waals surface area contributed by atoms with E-state index in [9.17, 15) is 22.8 Å². The van der Waals surface area contributed by atoms with Gasteiger partial charge in [-0.25, -0.2) is 0 Å². The second-order valence-corrected chi connectivity index (χ2v) is 13.3. The molecule has 15 heteroatoms. The lowest BCUT2D eigenvalue weighted by atomic mass is 9.70. The number of ether oxygens (including phenoxy) is 1. The first-order valence-electron chi connectivity index (χ1n) is 13.7. The molecule has 11 unspecified atom stereocenters. The van der Waals surface area contributed by atoms with Crippen LogP contribution in [-0.4, -0.2) is 109 Å². The molecule has 5 aliphatic rings. The summed E-state index contributed by atoms with van der Waals surface area (Å²) in [7, 11) is 1.70. The van der Waals surface area contributed by atoms with Crippen LogP contribution < -0.4 is 31.9 Å². The molecule has 6 N–H and O–H groups in total. The van der Waals surface area contributed by atoms with Gasteiger partial charge in [-0.2, -0.15) is 13.2 Å².